The summed E-state index contributed by atoms with van der Waals surface area (Å²) in [4.78, 5) is 0. The monoisotopic (exact) mass is 210 g/mol. The molecule has 76 valence electrons. The first-order valence-corrected chi connectivity index (χ1v) is 7.98. The van der Waals surface area contributed by atoms with Crippen molar-refractivity contribution in [3.05, 3.63) is 42.2 Å². The molecule has 0 saturated heterocycles. The zero-order valence-electron chi connectivity index (χ0n) is 8.75. The van der Waals surface area contributed by atoms with Gasteiger partial charge in [0, 0.05) is 5.56 Å². The van der Waals surface area contributed by atoms with Crippen LogP contribution in [0.2, 0.25) is 19.6 Å². The summed E-state index contributed by atoms with van der Waals surface area (Å²) in [6.07, 6.45) is 0.535. The van der Waals surface area contributed by atoms with E-state index in [-0.39, 0.29) is 0 Å². The van der Waals surface area contributed by atoms with Gasteiger partial charge in [0.05, 0.1) is 0 Å². The van der Waals surface area contributed by atoms with Crippen LogP contribution in [0, 0.1) is 0 Å². The first-order valence-electron chi connectivity index (χ1n) is 4.58. The lowest BCUT2D eigenvalue weighted by Gasteiger charge is -2.20. The lowest BCUT2D eigenvalue weighted by Crippen LogP contribution is -2.24. The Labute approximate surface area is 85.3 Å². The lowest BCUT2D eigenvalue weighted by molar-refractivity contribution is 0.500. The Bertz CT molecular complexity index is 314. The average molecular weight is 210 g/mol. The second-order valence-electron chi connectivity index (χ2n) is 4.05. The van der Waals surface area contributed by atoms with Crippen LogP contribution in [-0.2, 0) is 4.43 Å². The van der Waals surface area contributed by atoms with Gasteiger partial charge in [-0.1, -0.05) is 30.3 Å². The maximum absolute atomic E-state index is 12.6. The molecule has 0 N–H and O–H groups in total. The van der Waals surface area contributed by atoms with E-state index in [0.29, 0.717) is 12.1 Å². The van der Waals surface area contributed by atoms with E-state index >= 15 is 0 Å². The predicted molar refractivity (Wildman–Crippen MR) is 60.0 cm³/mol. The molecule has 1 nitrogen and oxygen atoms in total. The van der Waals surface area contributed by atoms with Crippen molar-refractivity contribution in [1.82, 2.24) is 0 Å². The Kier molecular flexibility index (Phi) is 3.47. The largest absolute Gasteiger partial charge is 0.542 e. The molecule has 1 aromatic rings. The molecule has 0 heterocycles. The lowest BCUT2D eigenvalue weighted by atomic mass is 10.2. The third-order valence-corrected chi connectivity index (χ3v) is 2.41. The van der Waals surface area contributed by atoms with Gasteiger partial charge >= 0.3 is 0 Å². The fraction of sp³-hybridized carbons (Fsp3) is 0.273. The number of hydrogen-bond acceptors (Lipinski definition) is 1. The summed E-state index contributed by atoms with van der Waals surface area (Å²) in [6.45, 7) is 6.08. The number of halogens is 1. The van der Waals surface area contributed by atoms with Gasteiger partial charge in [0.15, 0.2) is 0 Å². The molecule has 0 atom stereocenters. The minimum Gasteiger partial charge on any atom is -0.542 e. The topological polar surface area (TPSA) is 9.23 Å². The Morgan fingerprint density at radius 3 is 2.21 bits per heavy atom. The minimum absolute atomic E-state index is 0.338. The van der Waals surface area contributed by atoms with Gasteiger partial charge in [0.2, 0.25) is 8.32 Å². The molecule has 0 aliphatic heterocycles. The molecule has 3 heteroatoms. The molecule has 0 saturated carbocycles. The molecule has 0 radical (unpaired) electrons. The highest BCUT2D eigenvalue weighted by Crippen LogP contribution is 2.20. The maximum atomic E-state index is 12.6. The normalized spacial score (nSPS) is 12.7. The smallest absolute Gasteiger partial charge is 0.242 e. The molecule has 0 amide bonds. The number of benzene rings is 1. The van der Waals surface area contributed by atoms with Crippen LogP contribution in [0.1, 0.15) is 5.56 Å². The van der Waals surface area contributed by atoms with Crippen molar-refractivity contribution in [2.75, 3.05) is 0 Å². The van der Waals surface area contributed by atoms with Crippen LogP contribution < -0.4 is 0 Å². The van der Waals surface area contributed by atoms with Gasteiger partial charge < -0.3 is 4.43 Å². The van der Waals surface area contributed by atoms with E-state index in [1.165, 1.54) is 0 Å². The fourth-order valence-electron chi connectivity index (χ4n) is 1.08. The van der Waals surface area contributed by atoms with E-state index in [9.17, 15) is 4.39 Å². The molecule has 1 rings (SSSR count). The molecular formula is C11H15FOSi. The van der Waals surface area contributed by atoms with Crippen LogP contribution in [0.5, 0.6) is 0 Å². The van der Waals surface area contributed by atoms with E-state index in [2.05, 4.69) is 0 Å². The van der Waals surface area contributed by atoms with Crippen molar-refractivity contribution in [2.24, 2.45) is 0 Å². The Morgan fingerprint density at radius 1 is 1.21 bits per heavy atom. The third kappa shape index (κ3) is 3.34. The van der Waals surface area contributed by atoms with Gasteiger partial charge in [-0.2, -0.15) is 0 Å². The Balaban J connectivity index is 2.85. The molecule has 0 aliphatic rings. The molecule has 0 fully saturated rings. The van der Waals surface area contributed by atoms with E-state index in [1.807, 2.05) is 50.0 Å². The summed E-state index contributed by atoms with van der Waals surface area (Å²) in [5, 5.41) is 0. The van der Waals surface area contributed by atoms with Gasteiger partial charge in [0.1, 0.15) is 12.1 Å². The second kappa shape index (κ2) is 4.42. The van der Waals surface area contributed by atoms with Crippen LogP contribution in [0.3, 0.4) is 0 Å². The molecule has 0 bridgehead atoms. The molecule has 14 heavy (non-hydrogen) atoms. The van der Waals surface area contributed by atoms with Crippen LogP contribution in [0.4, 0.5) is 4.39 Å². The summed E-state index contributed by atoms with van der Waals surface area (Å²) in [5.41, 5.74) is 0.789. The maximum Gasteiger partial charge on any atom is 0.242 e. The van der Waals surface area contributed by atoms with Gasteiger partial charge in [-0.15, -0.1) is 0 Å². The standard InChI is InChI=1S/C11H15FOSi/c1-14(2,3)13-11(9-12)10-7-5-4-6-8-10/h4-9H,1-3H3. The summed E-state index contributed by atoms with van der Waals surface area (Å²) in [5.74, 6) is 0.338. The summed E-state index contributed by atoms with van der Waals surface area (Å²) >= 11 is 0. The van der Waals surface area contributed by atoms with Crippen molar-refractivity contribution >= 4 is 14.1 Å². The summed E-state index contributed by atoms with van der Waals surface area (Å²) in [6, 6.07) is 9.31. The SMILES string of the molecule is C[Si](C)(C)OC(=CF)c1ccccc1. The van der Waals surface area contributed by atoms with E-state index < -0.39 is 8.32 Å². The molecule has 1 aromatic carbocycles. The van der Waals surface area contributed by atoms with Crippen molar-refractivity contribution in [3.8, 4) is 0 Å². The van der Waals surface area contributed by atoms with Crippen LogP contribution in [0.25, 0.3) is 5.76 Å². The number of hydrogen-bond donors (Lipinski definition) is 0. The molecule has 0 aliphatic carbocycles. The highest BCUT2D eigenvalue weighted by molar-refractivity contribution is 6.70. The van der Waals surface area contributed by atoms with E-state index in [0.717, 1.165) is 5.56 Å². The second-order valence-corrected chi connectivity index (χ2v) is 8.48. The van der Waals surface area contributed by atoms with Gasteiger partial charge in [-0.3, -0.25) is 0 Å². The fourth-order valence-corrected chi connectivity index (χ4v) is 1.90. The first-order chi connectivity index (χ1) is 6.53. The van der Waals surface area contributed by atoms with Gasteiger partial charge in [-0.25, -0.2) is 4.39 Å². The van der Waals surface area contributed by atoms with Crippen molar-refractivity contribution < 1.29 is 8.82 Å². The average Bonchev–Trinajstić information content (AvgIpc) is 2.14. The number of rotatable bonds is 3. The predicted octanol–water partition coefficient (Wildman–Crippen LogP) is 3.81. The van der Waals surface area contributed by atoms with Gasteiger partial charge in [-0.05, 0) is 19.6 Å². The van der Waals surface area contributed by atoms with E-state index in [1.54, 1.807) is 0 Å². The van der Waals surface area contributed by atoms with Crippen molar-refractivity contribution in [2.45, 2.75) is 19.6 Å². The third-order valence-electron chi connectivity index (χ3n) is 1.57. The summed E-state index contributed by atoms with van der Waals surface area (Å²) in [7, 11) is -1.73. The molecule has 0 aromatic heterocycles. The van der Waals surface area contributed by atoms with Crippen molar-refractivity contribution in [1.29, 1.82) is 0 Å². The highest BCUT2D eigenvalue weighted by Gasteiger charge is 2.18. The quantitative estimate of drug-likeness (QED) is 0.544. The zero-order chi connectivity index (χ0) is 10.6. The van der Waals surface area contributed by atoms with Crippen molar-refractivity contribution in [3.63, 3.8) is 0 Å². The van der Waals surface area contributed by atoms with Crippen LogP contribution in [-0.4, -0.2) is 8.32 Å². The molecular weight excluding hydrogens is 195 g/mol. The minimum atomic E-state index is -1.73. The molecule has 0 unspecified atom stereocenters. The Hall–Kier alpha value is -1.09. The zero-order valence-corrected chi connectivity index (χ0v) is 9.75. The van der Waals surface area contributed by atoms with Crippen LogP contribution in [0.15, 0.2) is 36.7 Å². The van der Waals surface area contributed by atoms with Gasteiger partial charge in [0.25, 0.3) is 0 Å². The highest BCUT2D eigenvalue weighted by atomic mass is 28.4. The molecule has 0 spiro atoms. The first kappa shape index (κ1) is 11.0. The van der Waals surface area contributed by atoms with E-state index in [4.69, 9.17) is 4.43 Å². The summed E-state index contributed by atoms with van der Waals surface area (Å²) < 4.78 is 18.2. The van der Waals surface area contributed by atoms with Crippen LogP contribution >= 0.6 is 0 Å². The Morgan fingerprint density at radius 2 is 1.79 bits per heavy atom.